The minimum Gasteiger partial charge on any atom is -0.384 e. The number of nitrogens with zero attached hydrogens (tertiary/aromatic N) is 2. The van der Waals surface area contributed by atoms with Crippen LogP contribution < -0.4 is 5.32 Å². The van der Waals surface area contributed by atoms with Gasteiger partial charge in [-0.05, 0) is 12.0 Å². The zero-order chi connectivity index (χ0) is 11.7. The number of aromatic nitrogens is 2. The van der Waals surface area contributed by atoms with E-state index < -0.39 is 0 Å². The molecule has 0 aliphatic carbocycles. The van der Waals surface area contributed by atoms with Gasteiger partial charge in [-0.3, -0.25) is 0 Å². The zero-order valence-electron chi connectivity index (χ0n) is 9.48. The quantitative estimate of drug-likeness (QED) is 0.791. The molecule has 2 aromatic rings. The number of anilines is 1. The molecule has 1 aromatic carbocycles. The highest BCUT2D eigenvalue weighted by molar-refractivity contribution is 5.79. The molecule has 3 heteroatoms. The highest BCUT2D eigenvalue weighted by atomic mass is 15.0. The highest BCUT2D eigenvalue weighted by Crippen LogP contribution is 2.33. The number of fused-ring (bicyclic) bond motifs is 1. The second-order valence-electron chi connectivity index (χ2n) is 4.13. The van der Waals surface area contributed by atoms with Gasteiger partial charge in [0, 0.05) is 17.8 Å². The van der Waals surface area contributed by atoms with Crippen LogP contribution >= 0.6 is 0 Å². The predicted molar refractivity (Wildman–Crippen MR) is 68.7 cm³/mol. The van der Waals surface area contributed by atoms with Crippen molar-refractivity contribution in [3.05, 3.63) is 36.3 Å². The van der Waals surface area contributed by atoms with Gasteiger partial charge >= 0.3 is 0 Å². The van der Waals surface area contributed by atoms with E-state index in [2.05, 4.69) is 34.4 Å². The van der Waals surface area contributed by atoms with Gasteiger partial charge in [-0.2, -0.15) is 0 Å². The summed E-state index contributed by atoms with van der Waals surface area (Å²) in [4.78, 5) is 4.18. The van der Waals surface area contributed by atoms with Crippen molar-refractivity contribution in [2.24, 2.45) is 0 Å². The van der Waals surface area contributed by atoms with Gasteiger partial charge in [0.05, 0.1) is 24.8 Å². The van der Waals surface area contributed by atoms with Crippen molar-refractivity contribution in [1.82, 2.24) is 9.55 Å². The first-order valence-electron chi connectivity index (χ1n) is 5.70. The van der Waals surface area contributed by atoms with Crippen LogP contribution in [0.15, 0.2) is 30.7 Å². The average molecular weight is 223 g/mol. The summed E-state index contributed by atoms with van der Waals surface area (Å²) in [6, 6.07) is 6.37. The molecular formula is C14H13N3. The van der Waals surface area contributed by atoms with Crippen molar-refractivity contribution in [2.45, 2.75) is 13.0 Å². The molecular weight excluding hydrogens is 210 g/mol. The summed E-state index contributed by atoms with van der Waals surface area (Å²) in [6.45, 7) is 1.56. The van der Waals surface area contributed by atoms with Crippen molar-refractivity contribution < 1.29 is 0 Å². The molecule has 1 N–H and O–H groups in total. The van der Waals surface area contributed by atoms with Gasteiger partial charge in [-0.1, -0.05) is 24.1 Å². The fraction of sp³-hybridized carbons (Fsp3) is 0.214. The molecule has 0 saturated carbocycles. The SMILES string of the molecule is C#CCn1cncc1-c1cccc2c1NCC2. The Morgan fingerprint density at radius 1 is 1.47 bits per heavy atom. The van der Waals surface area contributed by atoms with Crippen LogP contribution in [0.5, 0.6) is 0 Å². The number of terminal acetylenes is 1. The summed E-state index contributed by atoms with van der Waals surface area (Å²) in [5, 5.41) is 3.43. The molecule has 1 aliphatic heterocycles. The maximum atomic E-state index is 5.37. The Hall–Kier alpha value is -2.21. The zero-order valence-corrected chi connectivity index (χ0v) is 9.48. The minimum atomic E-state index is 0.555. The first kappa shape index (κ1) is 9.98. The maximum Gasteiger partial charge on any atom is 0.0959 e. The van der Waals surface area contributed by atoms with E-state index in [1.807, 2.05) is 10.8 Å². The molecule has 0 saturated heterocycles. The van der Waals surface area contributed by atoms with Crippen LogP contribution in [0.4, 0.5) is 5.69 Å². The fourth-order valence-electron chi connectivity index (χ4n) is 2.32. The lowest BCUT2D eigenvalue weighted by molar-refractivity contribution is 0.848. The van der Waals surface area contributed by atoms with Crippen LogP contribution in [0, 0.1) is 12.3 Å². The number of benzene rings is 1. The van der Waals surface area contributed by atoms with Gasteiger partial charge in [0.15, 0.2) is 0 Å². The summed E-state index contributed by atoms with van der Waals surface area (Å²) < 4.78 is 2.00. The van der Waals surface area contributed by atoms with Gasteiger partial charge in [0.1, 0.15) is 0 Å². The van der Waals surface area contributed by atoms with Gasteiger partial charge in [-0.15, -0.1) is 6.42 Å². The summed E-state index contributed by atoms with van der Waals surface area (Å²) in [6.07, 6.45) is 10.1. The van der Waals surface area contributed by atoms with Crippen molar-refractivity contribution in [3.8, 4) is 23.6 Å². The molecule has 84 valence electrons. The normalized spacial score (nSPS) is 12.9. The van der Waals surface area contributed by atoms with Gasteiger partial charge in [0.25, 0.3) is 0 Å². The van der Waals surface area contributed by atoms with Gasteiger partial charge in [-0.25, -0.2) is 4.98 Å². The molecule has 17 heavy (non-hydrogen) atoms. The van der Waals surface area contributed by atoms with E-state index in [9.17, 15) is 0 Å². The fourth-order valence-corrected chi connectivity index (χ4v) is 2.32. The second kappa shape index (κ2) is 3.99. The number of hydrogen-bond acceptors (Lipinski definition) is 2. The van der Waals surface area contributed by atoms with Crippen molar-refractivity contribution in [1.29, 1.82) is 0 Å². The molecule has 2 heterocycles. The van der Waals surface area contributed by atoms with E-state index in [0.29, 0.717) is 6.54 Å². The van der Waals surface area contributed by atoms with Crippen molar-refractivity contribution >= 4 is 5.69 Å². The average Bonchev–Trinajstić information content (AvgIpc) is 2.96. The van der Waals surface area contributed by atoms with Crippen LogP contribution in [-0.4, -0.2) is 16.1 Å². The number of hydrogen-bond donors (Lipinski definition) is 1. The Bertz CT molecular complexity index is 590. The monoisotopic (exact) mass is 223 g/mol. The summed E-state index contributed by atoms with van der Waals surface area (Å²) in [5.41, 5.74) is 4.86. The molecule has 0 fully saturated rings. The van der Waals surface area contributed by atoms with Gasteiger partial charge in [0.2, 0.25) is 0 Å². The van der Waals surface area contributed by atoms with Crippen LogP contribution in [0.1, 0.15) is 5.56 Å². The topological polar surface area (TPSA) is 29.9 Å². The van der Waals surface area contributed by atoms with E-state index in [0.717, 1.165) is 18.7 Å². The first-order valence-corrected chi connectivity index (χ1v) is 5.70. The van der Waals surface area contributed by atoms with E-state index in [4.69, 9.17) is 6.42 Å². The first-order chi connectivity index (χ1) is 8.40. The van der Waals surface area contributed by atoms with Crippen molar-refractivity contribution in [2.75, 3.05) is 11.9 Å². The third-order valence-electron chi connectivity index (χ3n) is 3.10. The third kappa shape index (κ3) is 1.58. The summed E-state index contributed by atoms with van der Waals surface area (Å²) in [7, 11) is 0. The number of nitrogens with one attached hydrogen (secondary N) is 1. The lowest BCUT2D eigenvalue weighted by Crippen LogP contribution is -1.99. The van der Waals surface area contributed by atoms with E-state index in [-0.39, 0.29) is 0 Å². The number of rotatable bonds is 2. The minimum absolute atomic E-state index is 0.555. The molecule has 0 spiro atoms. The molecule has 3 rings (SSSR count). The third-order valence-corrected chi connectivity index (χ3v) is 3.10. The maximum absolute atomic E-state index is 5.37. The largest absolute Gasteiger partial charge is 0.384 e. The Kier molecular flexibility index (Phi) is 2.34. The number of imidazole rings is 1. The summed E-state index contributed by atoms with van der Waals surface area (Å²) >= 11 is 0. The smallest absolute Gasteiger partial charge is 0.0959 e. The molecule has 1 aromatic heterocycles. The second-order valence-corrected chi connectivity index (χ2v) is 4.13. The van der Waals surface area contributed by atoms with E-state index in [1.165, 1.54) is 16.8 Å². The Morgan fingerprint density at radius 3 is 3.29 bits per heavy atom. The molecule has 0 bridgehead atoms. The standard InChI is InChI=1S/C14H13N3/c1-2-8-17-10-15-9-13(17)12-5-3-4-11-6-7-16-14(11)12/h1,3-5,9-10,16H,6-8H2. The molecule has 0 radical (unpaired) electrons. The van der Waals surface area contributed by atoms with Crippen LogP contribution in [0.25, 0.3) is 11.3 Å². The Balaban J connectivity index is 2.13. The molecule has 1 aliphatic rings. The number of para-hydroxylation sites is 1. The van der Waals surface area contributed by atoms with E-state index >= 15 is 0 Å². The Labute approximate surface area is 100 Å². The lowest BCUT2D eigenvalue weighted by atomic mass is 10.1. The van der Waals surface area contributed by atoms with Crippen LogP contribution in [-0.2, 0) is 13.0 Å². The molecule has 3 nitrogen and oxygen atoms in total. The predicted octanol–water partition coefficient (Wildman–Crippen LogP) is 2.15. The molecule has 0 atom stereocenters. The summed E-state index contributed by atoms with van der Waals surface area (Å²) in [5.74, 6) is 2.65. The highest BCUT2D eigenvalue weighted by Gasteiger charge is 2.16. The lowest BCUT2D eigenvalue weighted by Gasteiger charge is -2.10. The van der Waals surface area contributed by atoms with Crippen molar-refractivity contribution in [3.63, 3.8) is 0 Å². The van der Waals surface area contributed by atoms with Crippen LogP contribution in [0.3, 0.4) is 0 Å². The van der Waals surface area contributed by atoms with E-state index in [1.54, 1.807) is 6.33 Å². The van der Waals surface area contributed by atoms with Crippen LogP contribution in [0.2, 0.25) is 0 Å². The molecule has 0 unspecified atom stereocenters. The van der Waals surface area contributed by atoms with Gasteiger partial charge < -0.3 is 9.88 Å². The Morgan fingerprint density at radius 2 is 2.41 bits per heavy atom. The molecule has 0 amide bonds.